The van der Waals surface area contributed by atoms with Crippen molar-refractivity contribution >= 4 is 23.1 Å². The molecule has 0 aliphatic rings. The van der Waals surface area contributed by atoms with Gasteiger partial charge in [-0.3, -0.25) is 9.59 Å². The molecule has 1 amide bonds. The van der Waals surface area contributed by atoms with Gasteiger partial charge < -0.3 is 10.7 Å². The smallest absolute Gasteiger partial charge is 0.255 e. The Labute approximate surface area is 190 Å². The van der Waals surface area contributed by atoms with E-state index in [1.807, 2.05) is 86.6 Å². The van der Waals surface area contributed by atoms with Gasteiger partial charge in [0.2, 0.25) is 0 Å². The van der Waals surface area contributed by atoms with Gasteiger partial charge in [0.1, 0.15) is 5.78 Å². The van der Waals surface area contributed by atoms with Crippen molar-refractivity contribution in [1.29, 1.82) is 5.41 Å². The topological polar surface area (TPSA) is 70.0 Å². The van der Waals surface area contributed by atoms with Crippen LogP contribution < -0.4 is 5.32 Å². The van der Waals surface area contributed by atoms with E-state index in [0.29, 0.717) is 23.4 Å². The van der Waals surface area contributed by atoms with Crippen molar-refractivity contribution in [2.24, 2.45) is 5.92 Å². The van der Waals surface area contributed by atoms with Crippen molar-refractivity contribution in [2.45, 2.75) is 39.0 Å². The molecular formula is C28H30N2O2. The van der Waals surface area contributed by atoms with Crippen LogP contribution in [-0.4, -0.2) is 17.4 Å². The lowest BCUT2D eigenvalue weighted by Gasteiger charge is -2.31. The Hall–Kier alpha value is -3.53. The van der Waals surface area contributed by atoms with Gasteiger partial charge in [0.25, 0.3) is 5.91 Å². The van der Waals surface area contributed by atoms with Gasteiger partial charge in [-0.2, -0.15) is 0 Å². The van der Waals surface area contributed by atoms with Crippen LogP contribution in [0.15, 0.2) is 84.9 Å². The van der Waals surface area contributed by atoms with Crippen LogP contribution in [-0.2, 0) is 10.2 Å². The van der Waals surface area contributed by atoms with Gasteiger partial charge in [0.05, 0.1) is 5.41 Å². The molecule has 0 aliphatic heterocycles. The molecule has 0 fully saturated rings. The first kappa shape index (κ1) is 23.1. The lowest BCUT2D eigenvalue weighted by molar-refractivity contribution is -0.123. The monoisotopic (exact) mass is 426 g/mol. The number of Topliss-reactive ketones (excluding diaryl/α,β-unsaturated/α-hetero) is 1. The SMILES string of the molecule is CCC(CC(=O)[C@](C)(c1ccccc1)c1cccc(NC(=O)c2ccccc2)c1)C(C)=N. The zero-order chi connectivity index (χ0) is 23.1. The number of nitrogens with one attached hydrogen (secondary N) is 2. The summed E-state index contributed by atoms with van der Waals surface area (Å²) in [6, 6.07) is 26.3. The van der Waals surface area contributed by atoms with E-state index in [1.54, 1.807) is 19.1 Å². The van der Waals surface area contributed by atoms with Gasteiger partial charge in [0, 0.05) is 29.3 Å². The molecule has 3 aromatic rings. The van der Waals surface area contributed by atoms with Crippen LogP contribution in [0, 0.1) is 11.3 Å². The van der Waals surface area contributed by atoms with E-state index >= 15 is 0 Å². The predicted molar refractivity (Wildman–Crippen MR) is 131 cm³/mol. The number of hydrogen-bond acceptors (Lipinski definition) is 3. The first-order valence-corrected chi connectivity index (χ1v) is 11.0. The van der Waals surface area contributed by atoms with Crippen LogP contribution in [0.5, 0.6) is 0 Å². The molecule has 0 aromatic heterocycles. The summed E-state index contributed by atoms with van der Waals surface area (Å²) in [5.41, 5.74) is 2.57. The molecule has 0 spiro atoms. The fraction of sp³-hybridized carbons (Fsp3) is 0.250. The second kappa shape index (κ2) is 10.2. The molecule has 2 N–H and O–H groups in total. The summed E-state index contributed by atoms with van der Waals surface area (Å²) >= 11 is 0. The summed E-state index contributed by atoms with van der Waals surface area (Å²) in [4.78, 5) is 26.3. The van der Waals surface area contributed by atoms with Crippen molar-refractivity contribution in [1.82, 2.24) is 0 Å². The summed E-state index contributed by atoms with van der Waals surface area (Å²) in [5.74, 6) is -0.207. The molecule has 3 aromatic carbocycles. The summed E-state index contributed by atoms with van der Waals surface area (Å²) in [7, 11) is 0. The minimum absolute atomic E-state index is 0.0636. The van der Waals surface area contributed by atoms with Crippen LogP contribution >= 0.6 is 0 Å². The standard InChI is InChI=1S/C28H30N2O2/c1-4-21(20(2)29)18-26(31)28(3,23-14-9-6-10-15-23)24-16-11-17-25(19-24)30-27(32)22-12-7-5-8-13-22/h5-17,19,21,29H,4,18H2,1-3H3,(H,30,32)/t21?,28-/m1/s1. The Balaban J connectivity index is 1.99. The van der Waals surface area contributed by atoms with Crippen LogP contribution in [0.3, 0.4) is 0 Å². The molecule has 2 atom stereocenters. The lowest BCUT2D eigenvalue weighted by Crippen LogP contribution is -2.36. The highest BCUT2D eigenvalue weighted by Gasteiger charge is 2.38. The van der Waals surface area contributed by atoms with Crippen molar-refractivity contribution in [3.05, 3.63) is 102 Å². The van der Waals surface area contributed by atoms with E-state index in [9.17, 15) is 9.59 Å². The Morgan fingerprint density at radius 3 is 2.09 bits per heavy atom. The number of amides is 1. The number of rotatable bonds is 9. The predicted octanol–water partition coefficient (Wildman–Crippen LogP) is 6.27. The van der Waals surface area contributed by atoms with Crippen molar-refractivity contribution in [3.8, 4) is 0 Å². The number of anilines is 1. The summed E-state index contributed by atoms with van der Waals surface area (Å²) in [6.45, 7) is 5.71. The lowest BCUT2D eigenvalue weighted by atomic mass is 9.70. The highest BCUT2D eigenvalue weighted by molar-refractivity contribution is 6.04. The molecule has 32 heavy (non-hydrogen) atoms. The number of benzene rings is 3. The highest BCUT2D eigenvalue weighted by atomic mass is 16.1. The number of ketones is 1. The number of hydrogen-bond donors (Lipinski definition) is 2. The summed E-state index contributed by atoms with van der Waals surface area (Å²) in [6.07, 6.45) is 1.05. The van der Waals surface area contributed by atoms with E-state index in [-0.39, 0.29) is 17.6 Å². The molecule has 164 valence electrons. The number of carbonyl (C=O) groups excluding carboxylic acids is 2. The van der Waals surface area contributed by atoms with Crippen LogP contribution in [0.1, 0.15) is 55.1 Å². The average Bonchev–Trinajstić information content (AvgIpc) is 2.82. The Kier molecular flexibility index (Phi) is 7.37. The third kappa shape index (κ3) is 5.02. The van der Waals surface area contributed by atoms with E-state index in [0.717, 1.165) is 17.5 Å². The summed E-state index contributed by atoms with van der Waals surface area (Å²) in [5, 5.41) is 11.0. The van der Waals surface area contributed by atoms with Crippen molar-refractivity contribution in [2.75, 3.05) is 5.32 Å². The maximum absolute atomic E-state index is 13.7. The first-order valence-electron chi connectivity index (χ1n) is 11.0. The van der Waals surface area contributed by atoms with Crippen LogP contribution in [0.4, 0.5) is 5.69 Å². The Morgan fingerprint density at radius 1 is 0.906 bits per heavy atom. The molecule has 3 rings (SSSR count). The van der Waals surface area contributed by atoms with E-state index in [2.05, 4.69) is 5.32 Å². The third-order valence-corrected chi connectivity index (χ3v) is 6.18. The minimum atomic E-state index is -0.891. The fourth-order valence-electron chi connectivity index (χ4n) is 3.99. The number of carbonyl (C=O) groups is 2. The second-order valence-corrected chi connectivity index (χ2v) is 8.31. The Morgan fingerprint density at radius 2 is 1.50 bits per heavy atom. The van der Waals surface area contributed by atoms with E-state index in [4.69, 9.17) is 5.41 Å². The van der Waals surface area contributed by atoms with Crippen molar-refractivity contribution in [3.63, 3.8) is 0 Å². The molecule has 1 unspecified atom stereocenters. The maximum atomic E-state index is 13.7. The largest absolute Gasteiger partial charge is 0.322 e. The molecule has 0 saturated heterocycles. The molecule has 4 nitrogen and oxygen atoms in total. The van der Waals surface area contributed by atoms with Gasteiger partial charge in [-0.15, -0.1) is 0 Å². The zero-order valence-corrected chi connectivity index (χ0v) is 18.9. The minimum Gasteiger partial charge on any atom is -0.322 e. The molecule has 0 heterocycles. The zero-order valence-electron chi connectivity index (χ0n) is 18.9. The third-order valence-electron chi connectivity index (χ3n) is 6.18. The van der Waals surface area contributed by atoms with Gasteiger partial charge in [-0.05, 0) is 55.7 Å². The van der Waals surface area contributed by atoms with Gasteiger partial charge in [0.15, 0.2) is 0 Å². The van der Waals surface area contributed by atoms with Gasteiger partial charge in [-0.25, -0.2) is 0 Å². The average molecular weight is 427 g/mol. The van der Waals surface area contributed by atoms with Crippen molar-refractivity contribution < 1.29 is 9.59 Å². The molecule has 0 saturated carbocycles. The Bertz CT molecular complexity index is 1090. The molecule has 4 heteroatoms. The summed E-state index contributed by atoms with van der Waals surface area (Å²) < 4.78 is 0. The fourth-order valence-corrected chi connectivity index (χ4v) is 3.99. The quantitative estimate of drug-likeness (QED) is 0.396. The second-order valence-electron chi connectivity index (χ2n) is 8.31. The highest BCUT2D eigenvalue weighted by Crippen LogP contribution is 2.36. The molecule has 0 radical (unpaired) electrons. The molecule has 0 bridgehead atoms. The normalized spacial score (nSPS) is 13.6. The molecular weight excluding hydrogens is 396 g/mol. The van der Waals surface area contributed by atoms with E-state index < -0.39 is 5.41 Å². The van der Waals surface area contributed by atoms with Crippen LogP contribution in [0.25, 0.3) is 0 Å². The molecule has 0 aliphatic carbocycles. The first-order chi connectivity index (χ1) is 15.4. The van der Waals surface area contributed by atoms with Gasteiger partial charge >= 0.3 is 0 Å². The maximum Gasteiger partial charge on any atom is 0.255 e. The van der Waals surface area contributed by atoms with Gasteiger partial charge in [-0.1, -0.05) is 67.6 Å². The van der Waals surface area contributed by atoms with Crippen LogP contribution in [0.2, 0.25) is 0 Å². The van der Waals surface area contributed by atoms with E-state index in [1.165, 1.54) is 0 Å².